The van der Waals surface area contributed by atoms with Gasteiger partial charge in [0, 0.05) is 4.88 Å². The van der Waals surface area contributed by atoms with Gasteiger partial charge in [0.25, 0.3) is 0 Å². The molecule has 0 aliphatic carbocycles. The number of aliphatic hydroxyl groups is 1. The van der Waals surface area contributed by atoms with Crippen molar-refractivity contribution in [1.82, 2.24) is 0 Å². The molecule has 0 bridgehead atoms. The molecular formula is C15H18OS. The van der Waals surface area contributed by atoms with Crippen molar-refractivity contribution >= 4 is 11.3 Å². The maximum absolute atomic E-state index is 8.02. The SMILES string of the molecule is CCC/C=C/O.c1ccc(-c2cccs2)cc1. The van der Waals surface area contributed by atoms with Gasteiger partial charge in [-0.2, -0.15) is 0 Å². The third kappa shape index (κ3) is 5.36. The summed E-state index contributed by atoms with van der Waals surface area (Å²) < 4.78 is 0. The molecule has 2 aromatic rings. The monoisotopic (exact) mass is 246 g/mol. The summed E-state index contributed by atoms with van der Waals surface area (Å²) in [7, 11) is 0. The molecule has 0 amide bonds. The Morgan fingerprint density at radius 2 is 1.88 bits per heavy atom. The van der Waals surface area contributed by atoms with Gasteiger partial charge in [-0.25, -0.2) is 0 Å². The molecule has 0 atom stereocenters. The van der Waals surface area contributed by atoms with Gasteiger partial charge in [-0.1, -0.05) is 55.8 Å². The molecule has 2 rings (SSSR count). The van der Waals surface area contributed by atoms with E-state index >= 15 is 0 Å². The molecule has 2 heteroatoms. The van der Waals surface area contributed by atoms with Crippen LogP contribution in [0.2, 0.25) is 0 Å². The molecule has 0 radical (unpaired) electrons. The molecule has 0 saturated carbocycles. The summed E-state index contributed by atoms with van der Waals surface area (Å²) >= 11 is 1.78. The number of benzene rings is 1. The number of rotatable bonds is 3. The summed E-state index contributed by atoms with van der Waals surface area (Å²) in [4.78, 5) is 1.34. The Hall–Kier alpha value is -1.54. The molecule has 1 N–H and O–H groups in total. The topological polar surface area (TPSA) is 20.2 Å². The number of allylic oxidation sites excluding steroid dienone is 1. The molecular weight excluding hydrogens is 228 g/mol. The lowest BCUT2D eigenvalue weighted by Gasteiger charge is -1.93. The zero-order valence-corrected chi connectivity index (χ0v) is 10.9. The summed E-state index contributed by atoms with van der Waals surface area (Å²) in [6, 6.07) is 14.6. The highest BCUT2D eigenvalue weighted by Crippen LogP contribution is 2.23. The Kier molecular flexibility index (Phi) is 6.84. The zero-order valence-electron chi connectivity index (χ0n) is 10.0. The maximum atomic E-state index is 8.02. The highest BCUT2D eigenvalue weighted by atomic mass is 32.1. The van der Waals surface area contributed by atoms with E-state index in [9.17, 15) is 0 Å². The van der Waals surface area contributed by atoms with E-state index < -0.39 is 0 Å². The molecule has 90 valence electrons. The van der Waals surface area contributed by atoms with Crippen LogP contribution in [0.15, 0.2) is 60.2 Å². The highest BCUT2D eigenvalue weighted by molar-refractivity contribution is 7.13. The van der Waals surface area contributed by atoms with Crippen LogP contribution in [0.25, 0.3) is 10.4 Å². The fourth-order valence-electron chi connectivity index (χ4n) is 1.29. The summed E-state index contributed by atoms with van der Waals surface area (Å²) in [6.45, 7) is 2.07. The fourth-order valence-corrected chi connectivity index (χ4v) is 2.02. The molecule has 1 aromatic heterocycles. The first kappa shape index (κ1) is 13.5. The molecule has 1 nitrogen and oxygen atoms in total. The minimum Gasteiger partial charge on any atom is -0.516 e. The van der Waals surface area contributed by atoms with Crippen LogP contribution in [0.5, 0.6) is 0 Å². The van der Waals surface area contributed by atoms with Gasteiger partial charge in [-0.3, -0.25) is 0 Å². The van der Waals surface area contributed by atoms with Crippen molar-refractivity contribution in [3.8, 4) is 10.4 Å². The van der Waals surface area contributed by atoms with Crippen LogP contribution < -0.4 is 0 Å². The quantitative estimate of drug-likeness (QED) is 0.731. The average molecular weight is 246 g/mol. The molecule has 0 aliphatic rings. The Labute approximate surface area is 107 Å². The Bertz CT molecular complexity index is 404. The molecule has 1 aromatic carbocycles. The third-order valence-electron chi connectivity index (χ3n) is 2.14. The molecule has 0 unspecified atom stereocenters. The minimum absolute atomic E-state index is 0.983. The summed E-state index contributed by atoms with van der Waals surface area (Å²) in [5, 5.41) is 10.1. The van der Waals surface area contributed by atoms with Crippen molar-refractivity contribution in [2.75, 3.05) is 0 Å². The van der Waals surface area contributed by atoms with Crippen LogP contribution in [0.1, 0.15) is 19.8 Å². The van der Waals surface area contributed by atoms with E-state index in [0.29, 0.717) is 0 Å². The normalized spacial score (nSPS) is 9.94. The van der Waals surface area contributed by atoms with Crippen LogP contribution in [0.4, 0.5) is 0 Å². The second-order valence-electron chi connectivity index (χ2n) is 3.52. The summed E-state index contributed by atoms with van der Waals surface area (Å²) in [5.74, 6) is 0. The van der Waals surface area contributed by atoms with E-state index in [2.05, 4.69) is 48.7 Å². The van der Waals surface area contributed by atoms with E-state index in [0.717, 1.165) is 19.1 Å². The van der Waals surface area contributed by atoms with E-state index in [4.69, 9.17) is 5.11 Å². The van der Waals surface area contributed by atoms with Crippen LogP contribution in [0, 0.1) is 0 Å². The molecule has 0 spiro atoms. The van der Waals surface area contributed by atoms with E-state index in [1.165, 1.54) is 10.4 Å². The third-order valence-corrected chi connectivity index (χ3v) is 3.06. The molecule has 0 saturated heterocycles. The molecule has 1 heterocycles. The van der Waals surface area contributed by atoms with Crippen molar-refractivity contribution in [2.45, 2.75) is 19.8 Å². The Morgan fingerprint density at radius 1 is 1.12 bits per heavy atom. The highest BCUT2D eigenvalue weighted by Gasteiger charge is 1.93. The van der Waals surface area contributed by atoms with Gasteiger partial charge in [-0.05, 0) is 23.4 Å². The lowest BCUT2D eigenvalue weighted by Crippen LogP contribution is -1.67. The number of thiophene rings is 1. The van der Waals surface area contributed by atoms with Gasteiger partial charge in [0.2, 0.25) is 0 Å². The van der Waals surface area contributed by atoms with Gasteiger partial charge in [0.05, 0.1) is 6.26 Å². The first-order valence-electron chi connectivity index (χ1n) is 5.76. The summed E-state index contributed by atoms with van der Waals surface area (Å²) in [6.07, 6.45) is 4.91. The van der Waals surface area contributed by atoms with Crippen LogP contribution >= 0.6 is 11.3 Å². The number of unbranched alkanes of at least 4 members (excludes halogenated alkanes) is 1. The van der Waals surface area contributed by atoms with Gasteiger partial charge < -0.3 is 5.11 Å². The minimum atomic E-state index is 0.983. The second-order valence-corrected chi connectivity index (χ2v) is 4.46. The Balaban J connectivity index is 0.000000209. The standard InChI is InChI=1S/C10H8S.C5H10O/c1-2-5-9(6-3-1)10-7-4-8-11-10;1-2-3-4-5-6/h1-8H;4-6H,2-3H2,1H3/b;5-4+. The number of hydrogen-bond acceptors (Lipinski definition) is 2. The van der Waals surface area contributed by atoms with Crippen molar-refractivity contribution in [3.05, 3.63) is 60.2 Å². The number of aliphatic hydroxyl groups excluding tert-OH is 1. The van der Waals surface area contributed by atoms with Gasteiger partial charge in [-0.15, -0.1) is 11.3 Å². The van der Waals surface area contributed by atoms with Crippen molar-refractivity contribution < 1.29 is 5.11 Å². The lowest BCUT2D eigenvalue weighted by molar-refractivity contribution is 0.470. The van der Waals surface area contributed by atoms with Crippen LogP contribution in [-0.2, 0) is 0 Å². The lowest BCUT2D eigenvalue weighted by atomic mass is 10.2. The number of hydrogen-bond donors (Lipinski definition) is 1. The zero-order chi connectivity index (χ0) is 12.3. The maximum Gasteiger partial charge on any atom is 0.0751 e. The average Bonchev–Trinajstić information content (AvgIpc) is 2.92. The molecule has 0 aliphatic heterocycles. The van der Waals surface area contributed by atoms with Gasteiger partial charge >= 0.3 is 0 Å². The van der Waals surface area contributed by atoms with Crippen molar-refractivity contribution in [2.24, 2.45) is 0 Å². The predicted octanol–water partition coefficient (Wildman–Crippen LogP) is 5.27. The van der Waals surface area contributed by atoms with Crippen molar-refractivity contribution in [1.29, 1.82) is 0 Å². The predicted molar refractivity (Wildman–Crippen MR) is 76.4 cm³/mol. The van der Waals surface area contributed by atoms with E-state index in [-0.39, 0.29) is 0 Å². The smallest absolute Gasteiger partial charge is 0.0751 e. The first-order valence-corrected chi connectivity index (χ1v) is 6.64. The largest absolute Gasteiger partial charge is 0.516 e. The summed E-state index contributed by atoms with van der Waals surface area (Å²) in [5.41, 5.74) is 1.31. The van der Waals surface area contributed by atoms with Crippen molar-refractivity contribution in [3.63, 3.8) is 0 Å². The van der Waals surface area contributed by atoms with Gasteiger partial charge in [0.1, 0.15) is 0 Å². The van der Waals surface area contributed by atoms with E-state index in [1.54, 1.807) is 17.4 Å². The molecule has 17 heavy (non-hydrogen) atoms. The van der Waals surface area contributed by atoms with Gasteiger partial charge in [0.15, 0.2) is 0 Å². The Morgan fingerprint density at radius 3 is 2.35 bits per heavy atom. The fraction of sp³-hybridized carbons (Fsp3) is 0.200. The van der Waals surface area contributed by atoms with Crippen LogP contribution in [-0.4, -0.2) is 5.11 Å². The molecule has 0 fully saturated rings. The second kappa shape index (κ2) is 8.59. The van der Waals surface area contributed by atoms with E-state index in [1.807, 2.05) is 6.07 Å². The van der Waals surface area contributed by atoms with Crippen LogP contribution in [0.3, 0.4) is 0 Å². The first-order chi connectivity index (χ1) is 8.38.